The smallest absolute Gasteiger partial charge is 0.222 e. The van der Waals surface area contributed by atoms with Crippen LogP contribution in [0.4, 0.5) is 0 Å². The van der Waals surface area contributed by atoms with Crippen molar-refractivity contribution >= 4 is 11.8 Å². The summed E-state index contributed by atoms with van der Waals surface area (Å²) in [6, 6.07) is 0. The lowest BCUT2D eigenvalue weighted by atomic mass is 9.91. The summed E-state index contributed by atoms with van der Waals surface area (Å²) < 4.78 is 0. The van der Waals surface area contributed by atoms with Gasteiger partial charge in [0.15, 0.2) is 0 Å². The number of nitrogens with zero attached hydrogens (tertiary/aromatic N) is 2. The van der Waals surface area contributed by atoms with Crippen LogP contribution < -0.4 is 0 Å². The van der Waals surface area contributed by atoms with Crippen molar-refractivity contribution in [2.75, 3.05) is 39.4 Å². The first kappa shape index (κ1) is 85.8. The maximum absolute atomic E-state index is 13.3. The largest absolute Gasteiger partial charge is 0.394 e. The summed E-state index contributed by atoms with van der Waals surface area (Å²) in [5.41, 5.74) is 0. The molecule has 0 aliphatic rings. The fraction of sp³-hybridized carbons (Fsp3) is 0.974. The highest BCUT2D eigenvalue weighted by atomic mass is 16.3. The van der Waals surface area contributed by atoms with Gasteiger partial charge < -0.3 is 30.2 Å². The first-order valence-electron chi connectivity index (χ1n) is 38.6. The molecule has 0 aliphatic heterocycles. The van der Waals surface area contributed by atoms with E-state index in [1.165, 1.54) is 302 Å². The normalized spacial score (nSPS) is 13.7. The first-order valence-corrected chi connectivity index (χ1v) is 38.6. The molecule has 8 nitrogen and oxygen atoms in total. The molecule has 0 aromatic carbocycles. The fourth-order valence-electron chi connectivity index (χ4n) is 13.1. The Morgan fingerprint density at radius 3 is 0.894 bits per heavy atom. The zero-order valence-electron chi connectivity index (χ0n) is 59.1. The van der Waals surface area contributed by atoms with Crippen molar-refractivity contribution in [3.63, 3.8) is 0 Å². The van der Waals surface area contributed by atoms with Crippen molar-refractivity contribution in [1.29, 1.82) is 0 Å². The van der Waals surface area contributed by atoms with E-state index < -0.39 is 12.2 Å². The maximum Gasteiger partial charge on any atom is 0.222 e. The van der Waals surface area contributed by atoms with Crippen LogP contribution in [-0.4, -0.2) is 93.6 Å². The third kappa shape index (κ3) is 60.1. The minimum atomic E-state index is -0.845. The number of aliphatic hydroxyl groups excluding tert-OH is 4. The number of hydrogen-bond donors (Lipinski definition) is 4. The van der Waals surface area contributed by atoms with Crippen molar-refractivity contribution in [1.82, 2.24) is 9.80 Å². The van der Waals surface area contributed by atoms with Gasteiger partial charge in [0.1, 0.15) is 0 Å². The standard InChI is InChI=1S/C41H83NO3.C36H73NO3/c1-5-8-10-12-14-15-16-17-18-19-20-21-22-23-25-27-29-32-39(30-7-3)33-34-42(36-40(44)37-43)41(45)35-38(4)31-28-26-24-13-11-9-6-2;1-5-9-11-13-14-15-16-17-18-19-20-21-23-26-33(8-4)30-36(40)37(31-35(39)32-38)29-24-28-34(25-7-3)27-22-12-10-6-2/h38-40,43-44H,5-37H2,1-4H3;33-35,38-39H,5-32H2,1-4H3. The number of hydrogen-bond acceptors (Lipinski definition) is 6. The third-order valence-electron chi connectivity index (χ3n) is 19.0. The summed E-state index contributed by atoms with van der Waals surface area (Å²) in [5.74, 6) is 2.54. The van der Waals surface area contributed by atoms with Gasteiger partial charge in [0.2, 0.25) is 11.8 Å². The number of carbonyl (C=O) groups excluding carboxylic acids is 2. The summed E-state index contributed by atoms with van der Waals surface area (Å²) in [7, 11) is 0. The number of aliphatic hydroxyl groups is 4. The quantitative estimate of drug-likeness (QED) is 0.0450. The van der Waals surface area contributed by atoms with Crippen LogP contribution in [0.15, 0.2) is 0 Å². The summed E-state index contributed by atoms with van der Waals surface area (Å²) >= 11 is 0. The molecule has 2 amide bonds. The van der Waals surface area contributed by atoms with E-state index in [1.54, 1.807) is 0 Å². The highest BCUT2D eigenvalue weighted by Crippen LogP contribution is 2.26. The molecular formula is C77H156N2O6. The molecule has 0 radical (unpaired) electrons. The van der Waals surface area contributed by atoms with Crippen LogP contribution >= 0.6 is 0 Å². The van der Waals surface area contributed by atoms with Gasteiger partial charge in [-0.15, -0.1) is 0 Å². The number of unbranched alkanes of at least 4 members (excludes halogenated alkanes) is 37. The van der Waals surface area contributed by atoms with E-state index >= 15 is 0 Å². The van der Waals surface area contributed by atoms with E-state index in [4.69, 9.17) is 0 Å². The van der Waals surface area contributed by atoms with Crippen LogP contribution in [0, 0.1) is 23.7 Å². The molecule has 4 N–H and O–H groups in total. The molecule has 6 unspecified atom stereocenters. The number of rotatable bonds is 67. The van der Waals surface area contributed by atoms with Crippen molar-refractivity contribution in [3.8, 4) is 0 Å². The van der Waals surface area contributed by atoms with Crippen molar-refractivity contribution in [2.24, 2.45) is 23.7 Å². The zero-order chi connectivity index (χ0) is 62.9. The second-order valence-electron chi connectivity index (χ2n) is 27.6. The number of carbonyl (C=O) groups is 2. The van der Waals surface area contributed by atoms with Gasteiger partial charge in [0.05, 0.1) is 25.4 Å². The number of amides is 2. The Bertz CT molecular complexity index is 1320. The molecule has 0 aromatic heterocycles. The maximum atomic E-state index is 13.3. The molecule has 0 bridgehead atoms. The Kier molecular flexibility index (Phi) is 69.4. The molecule has 0 aliphatic carbocycles. The molecule has 0 heterocycles. The van der Waals surface area contributed by atoms with Gasteiger partial charge in [0.25, 0.3) is 0 Å². The molecule has 0 rings (SSSR count). The van der Waals surface area contributed by atoms with E-state index in [9.17, 15) is 30.0 Å². The van der Waals surface area contributed by atoms with Gasteiger partial charge >= 0.3 is 0 Å². The Labute approximate surface area is 533 Å². The van der Waals surface area contributed by atoms with E-state index in [0.717, 1.165) is 44.4 Å². The minimum absolute atomic E-state index is 0.158. The molecular weight excluding hydrogens is 1050 g/mol. The first-order chi connectivity index (χ1) is 41.5. The average Bonchev–Trinajstić information content (AvgIpc) is 3.60. The monoisotopic (exact) mass is 1210 g/mol. The van der Waals surface area contributed by atoms with E-state index in [2.05, 4.69) is 55.4 Å². The van der Waals surface area contributed by atoms with Gasteiger partial charge in [-0.1, -0.05) is 370 Å². The van der Waals surface area contributed by atoms with Crippen molar-refractivity contribution < 1.29 is 30.0 Å². The van der Waals surface area contributed by atoms with Gasteiger partial charge in [-0.25, -0.2) is 0 Å². The predicted octanol–water partition coefficient (Wildman–Crippen LogP) is 22.4. The van der Waals surface area contributed by atoms with Crippen LogP contribution in [0.2, 0.25) is 0 Å². The molecule has 0 saturated carbocycles. The molecule has 0 aromatic rings. The second-order valence-corrected chi connectivity index (χ2v) is 27.6. The van der Waals surface area contributed by atoms with E-state index in [1.807, 2.05) is 9.80 Å². The SMILES string of the molecule is CCCCCCCCCCCCCCCC(CC)CC(=O)N(CCCC(CCC)CCCCCC)CC(O)CO.CCCCCCCCCCCCCCCCCCCC(CCC)CCN(CC(O)CO)C(=O)CC(C)CCCCCCCCC. The summed E-state index contributed by atoms with van der Waals surface area (Å²) in [6.45, 7) is 19.4. The van der Waals surface area contributed by atoms with Crippen LogP contribution in [-0.2, 0) is 9.59 Å². The van der Waals surface area contributed by atoms with E-state index in [0.29, 0.717) is 43.7 Å². The molecule has 0 saturated heterocycles. The molecule has 8 heteroatoms. The lowest BCUT2D eigenvalue weighted by Crippen LogP contribution is -2.40. The molecule has 0 fully saturated rings. The van der Waals surface area contributed by atoms with Gasteiger partial charge in [0, 0.05) is 39.0 Å². The molecule has 0 spiro atoms. The van der Waals surface area contributed by atoms with Crippen LogP contribution in [0.1, 0.15) is 409 Å². The summed E-state index contributed by atoms with van der Waals surface area (Å²) in [5, 5.41) is 39.2. The van der Waals surface area contributed by atoms with Gasteiger partial charge in [-0.3, -0.25) is 9.59 Å². The molecule has 6 atom stereocenters. The lowest BCUT2D eigenvalue weighted by Gasteiger charge is -2.28. The van der Waals surface area contributed by atoms with Crippen LogP contribution in [0.5, 0.6) is 0 Å². The molecule has 510 valence electrons. The Hall–Kier alpha value is -1.22. The van der Waals surface area contributed by atoms with Crippen LogP contribution in [0.25, 0.3) is 0 Å². The Morgan fingerprint density at radius 1 is 0.294 bits per heavy atom. The van der Waals surface area contributed by atoms with Crippen LogP contribution in [0.3, 0.4) is 0 Å². The third-order valence-corrected chi connectivity index (χ3v) is 19.0. The highest BCUT2D eigenvalue weighted by Gasteiger charge is 2.23. The lowest BCUT2D eigenvalue weighted by molar-refractivity contribution is -0.135. The van der Waals surface area contributed by atoms with Crippen molar-refractivity contribution in [2.45, 2.75) is 421 Å². The van der Waals surface area contributed by atoms with Gasteiger partial charge in [-0.05, 0) is 49.4 Å². The Balaban J connectivity index is 0. The second kappa shape index (κ2) is 68.7. The zero-order valence-corrected chi connectivity index (χ0v) is 59.1. The summed E-state index contributed by atoms with van der Waals surface area (Å²) in [6.07, 6.45) is 69.5. The fourth-order valence-corrected chi connectivity index (χ4v) is 13.1. The van der Waals surface area contributed by atoms with Crippen molar-refractivity contribution in [3.05, 3.63) is 0 Å². The highest BCUT2D eigenvalue weighted by molar-refractivity contribution is 5.77. The Morgan fingerprint density at radius 2 is 0.565 bits per heavy atom. The van der Waals surface area contributed by atoms with Gasteiger partial charge in [-0.2, -0.15) is 0 Å². The topological polar surface area (TPSA) is 122 Å². The van der Waals surface area contributed by atoms with E-state index in [-0.39, 0.29) is 38.1 Å². The predicted molar refractivity (Wildman–Crippen MR) is 373 cm³/mol. The average molecular weight is 1210 g/mol. The molecule has 85 heavy (non-hydrogen) atoms. The minimum Gasteiger partial charge on any atom is -0.394 e. The summed E-state index contributed by atoms with van der Waals surface area (Å²) in [4.78, 5) is 30.2.